The van der Waals surface area contributed by atoms with Crippen LogP contribution in [0.25, 0.3) is 11.0 Å². The number of nitrogens with one attached hydrogen (secondary N) is 1. The van der Waals surface area contributed by atoms with Crippen molar-refractivity contribution in [1.82, 2.24) is 14.9 Å². The molecule has 0 saturated carbocycles. The maximum absolute atomic E-state index is 12.6. The second-order valence-electron chi connectivity index (χ2n) is 6.87. The van der Waals surface area contributed by atoms with Gasteiger partial charge in [0.25, 0.3) is 5.91 Å². The molecule has 7 heteroatoms. The van der Waals surface area contributed by atoms with Crippen LogP contribution < -0.4 is 5.73 Å². The van der Waals surface area contributed by atoms with Crippen LogP contribution in [0.3, 0.4) is 0 Å². The molecule has 2 heterocycles. The first-order chi connectivity index (χ1) is 13.0. The van der Waals surface area contributed by atoms with Gasteiger partial charge >= 0.3 is 6.09 Å². The standard InChI is InChI=1S/C20H20N4O3/c1-20(18-22-15-9-5-8-14(17(21)25)16(15)23-18)10-11-24(20)19(26)27-12-13-6-3-2-4-7-13/h2-9H,10-12H2,1H3,(H2,21,25)(H,22,23). The number of aromatic nitrogens is 2. The monoisotopic (exact) mass is 364 g/mol. The molecule has 7 nitrogen and oxygen atoms in total. The first kappa shape index (κ1) is 17.1. The summed E-state index contributed by atoms with van der Waals surface area (Å²) >= 11 is 0. The molecule has 1 aliphatic heterocycles. The Hall–Kier alpha value is -3.35. The molecule has 0 aliphatic carbocycles. The molecule has 1 aliphatic rings. The normalized spacial score (nSPS) is 18.9. The number of para-hydroxylation sites is 1. The number of ether oxygens (including phenoxy) is 1. The van der Waals surface area contributed by atoms with Crippen LogP contribution in [0.2, 0.25) is 0 Å². The third kappa shape index (κ3) is 2.91. The van der Waals surface area contributed by atoms with Crippen LogP contribution in [0.15, 0.2) is 48.5 Å². The van der Waals surface area contributed by atoms with Crippen LogP contribution in [-0.2, 0) is 16.9 Å². The highest BCUT2D eigenvalue weighted by atomic mass is 16.6. The number of likely N-dealkylation sites (tertiary alicyclic amines) is 1. The van der Waals surface area contributed by atoms with E-state index in [0.717, 1.165) is 12.0 Å². The van der Waals surface area contributed by atoms with Crippen LogP contribution in [0, 0.1) is 0 Å². The molecule has 0 bridgehead atoms. The predicted molar refractivity (Wildman–Crippen MR) is 99.9 cm³/mol. The first-order valence-corrected chi connectivity index (χ1v) is 8.76. The van der Waals surface area contributed by atoms with Crippen molar-refractivity contribution >= 4 is 23.0 Å². The summed E-state index contributed by atoms with van der Waals surface area (Å²) in [5.74, 6) is 0.0886. The number of primary amides is 1. The maximum atomic E-state index is 12.6. The molecule has 3 aromatic rings. The van der Waals surface area contributed by atoms with Crippen LogP contribution in [0.5, 0.6) is 0 Å². The van der Waals surface area contributed by atoms with E-state index in [-0.39, 0.29) is 12.7 Å². The van der Waals surface area contributed by atoms with Crippen molar-refractivity contribution in [2.24, 2.45) is 5.73 Å². The van der Waals surface area contributed by atoms with Crippen molar-refractivity contribution in [2.75, 3.05) is 6.54 Å². The summed E-state index contributed by atoms with van der Waals surface area (Å²) < 4.78 is 5.46. The molecule has 1 fully saturated rings. The van der Waals surface area contributed by atoms with Crippen LogP contribution in [0.1, 0.15) is 35.1 Å². The number of aromatic amines is 1. The zero-order valence-electron chi connectivity index (χ0n) is 14.9. The molecule has 0 spiro atoms. The molecule has 0 radical (unpaired) electrons. The van der Waals surface area contributed by atoms with E-state index in [0.29, 0.717) is 29.0 Å². The largest absolute Gasteiger partial charge is 0.445 e. The van der Waals surface area contributed by atoms with Crippen molar-refractivity contribution < 1.29 is 14.3 Å². The topological polar surface area (TPSA) is 101 Å². The minimum Gasteiger partial charge on any atom is -0.445 e. The maximum Gasteiger partial charge on any atom is 0.410 e. The highest BCUT2D eigenvalue weighted by molar-refractivity contribution is 6.04. The summed E-state index contributed by atoms with van der Waals surface area (Å²) in [6.07, 6.45) is 0.363. The van der Waals surface area contributed by atoms with Gasteiger partial charge in [-0.25, -0.2) is 9.78 Å². The zero-order chi connectivity index (χ0) is 19.0. The van der Waals surface area contributed by atoms with Gasteiger partial charge < -0.3 is 15.5 Å². The highest BCUT2D eigenvalue weighted by Gasteiger charge is 2.48. The Morgan fingerprint density at radius 2 is 2.00 bits per heavy atom. The van der Waals surface area contributed by atoms with E-state index < -0.39 is 11.4 Å². The Labute approximate surface area is 156 Å². The third-order valence-electron chi connectivity index (χ3n) is 5.13. The summed E-state index contributed by atoms with van der Waals surface area (Å²) in [5.41, 5.74) is 7.35. The van der Waals surface area contributed by atoms with Gasteiger partial charge in [-0.2, -0.15) is 0 Å². The molecule has 2 aromatic carbocycles. The smallest absolute Gasteiger partial charge is 0.410 e. The second-order valence-corrected chi connectivity index (χ2v) is 6.87. The average molecular weight is 364 g/mol. The number of nitrogens with zero attached hydrogens (tertiary/aromatic N) is 2. The quantitative estimate of drug-likeness (QED) is 0.743. The fourth-order valence-electron chi connectivity index (χ4n) is 3.38. The van der Waals surface area contributed by atoms with Crippen molar-refractivity contribution in [3.63, 3.8) is 0 Å². The lowest BCUT2D eigenvalue weighted by atomic mass is 9.86. The van der Waals surface area contributed by atoms with E-state index in [1.54, 1.807) is 17.0 Å². The van der Waals surface area contributed by atoms with Crippen LogP contribution in [-0.4, -0.2) is 33.4 Å². The Kier molecular flexibility index (Phi) is 4.07. The lowest BCUT2D eigenvalue weighted by molar-refractivity contribution is -0.0141. The molecule has 138 valence electrons. The molecule has 27 heavy (non-hydrogen) atoms. The summed E-state index contributed by atoms with van der Waals surface area (Å²) in [6.45, 7) is 2.74. The average Bonchev–Trinajstić information content (AvgIpc) is 3.10. The highest BCUT2D eigenvalue weighted by Crippen LogP contribution is 2.40. The van der Waals surface area contributed by atoms with Crippen molar-refractivity contribution in [1.29, 1.82) is 0 Å². The summed E-state index contributed by atoms with van der Waals surface area (Å²) in [6, 6.07) is 14.8. The van der Waals surface area contributed by atoms with Crippen LogP contribution in [0.4, 0.5) is 4.79 Å². The van der Waals surface area contributed by atoms with E-state index in [4.69, 9.17) is 10.5 Å². The third-order valence-corrected chi connectivity index (χ3v) is 5.13. The zero-order valence-corrected chi connectivity index (χ0v) is 14.9. The van der Waals surface area contributed by atoms with E-state index in [1.165, 1.54) is 0 Å². The minimum atomic E-state index is -0.609. The van der Waals surface area contributed by atoms with E-state index in [1.807, 2.05) is 43.3 Å². The summed E-state index contributed by atoms with van der Waals surface area (Å²) in [5, 5.41) is 0. The van der Waals surface area contributed by atoms with E-state index >= 15 is 0 Å². The lowest BCUT2D eigenvalue weighted by Crippen LogP contribution is -2.58. The Morgan fingerprint density at radius 1 is 1.22 bits per heavy atom. The number of amides is 2. The van der Waals surface area contributed by atoms with Crippen molar-refractivity contribution in [3.8, 4) is 0 Å². The molecule has 1 unspecified atom stereocenters. The van der Waals surface area contributed by atoms with Gasteiger partial charge in [0.2, 0.25) is 0 Å². The van der Waals surface area contributed by atoms with Crippen LogP contribution >= 0.6 is 0 Å². The SMILES string of the molecule is CC1(c2nc3c(C(N)=O)cccc3[nH]2)CCN1C(=O)OCc1ccccc1. The molecule has 1 aromatic heterocycles. The number of carbonyl (C=O) groups is 2. The Bertz CT molecular complexity index is 1010. The van der Waals surface area contributed by atoms with Gasteiger partial charge in [0.1, 0.15) is 23.5 Å². The van der Waals surface area contributed by atoms with Crippen molar-refractivity contribution in [2.45, 2.75) is 25.5 Å². The fraction of sp³-hybridized carbons (Fsp3) is 0.250. The molecule has 1 saturated heterocycles. The molecular formula is C20H20N4O3. The number of carbonyl (C=O) groups excluding carboxylic acids is 2. The lowest BCUT2D eigenvalue weighted by Gasteiger charge is -2.48. The Balaban J connectivity index is 1.56. The number of fused-ring (bicyclic) bond motifs is 1. The fourth-order valence-corrected chi connectivity index (χ4v) is 3.38. The predicted octanol–water partition coefficient (Wildman–Crippen LogP) is 2.92. The van der Waals surface area contributed by atoms with E-state index in [9.17, 15) is 9.59 Å². The number of H-pyrrole nitrogens is 1. The van der Waals surface area contributed by atoms with Gasteiger partial charge in [0.15, 0.2) is 0 Å². The molecule has 1 atom stereocenters. The first-order valence-electron chi connectivity index (χ1n) is 8.76. The molecular weight excluding hydrogens is 344 g/mol. The van der Waals surface area contributed by atoms with Gasteiger partial charge in [-0.1, -0.05) is 36.4 Å². The number of rotatable bonds is 4. The van der Waals surface area contributed by atoms with Gasteiger partial charge in [-0.05, 0) is 31.0 Å². The molecule has 4 rings (SSSR count). The van der Waals surface area contributed by atoms with Gasteiger partial charge in [-0.15, -0.1) is 0 Å². The minimum absolute atomic E-state index is 0.220. The van der Waals surface area contributed by atoms with Gasteiger partial charge in [0, 0.05) is 6.54 Å². The molecule has 3 N–H and O–H groups in total. The Morgan fingerprint density at radius 3 is 2.67 bits per heavy atom. The number of nitrogens with two attached hydrogens (primary N) is 1. The van der Waals surface area contributed by atoms with Gasteiger partial charge in [0.05, 0.1) is 11.1 Å². The summed E-state index contributed by atoms with van der Waals surface area (Å²) in [4.78, 5) is 33.6. The summed E-state index contributed by atoms with van der Waals surface area (Å²) in [7, 11) is 0. The number of hydrogen-bond acceptors (Lipinski definition) is 4. The second kappa shape index (κ2) is 6.42. The van der Waals surface area contributed by atoms with Gasteiger partial charge in [-0.3, -0.25) is 9.69 Å². The number of hydrogen-bond donors (Lipinski definition) is 2. The molecule has 2 amide bonds. The number of imidazole rings is 1. The van der Waals surface area contributed by atoms with E-state index in [2.05, 4.69) is 9.97 Å². The van der Waals surface area contributed by atoms with Crippen molar-refractivity contribution in [3.05, 3.63) is 65.5 Å². The number of benzene rings is 2.